The summed E-state index contributed by atoms with van der Waals surface area (Å²) in [6, 6.07) is 4.61. The summed E-state index contributed by atoms with van der Waals surface area (Å²) in [5.74, 6) is -0.355. The zero-order chi connectivity index (χ0) is 12.3. The lowest BCUT2D eigenvalue weighted by atomic mass is 9.98. The maximum atomic E-state index is 11.5. The molecule has 0 bridgehead atoms. The van der Waals surface area contributed by atoms with Gasteiger partial charge in [-0.05, 0) is 32.0 Å². The summed E-state index contributed by atoms with van der Waals surface area (Å²) in [4.78, 5) is 34.1. The summed E-state index contributed by atoms with van der Waals surface area (Å²) < 4.78 is 0. The second-order valence-electron chi connectivity index (χ2n) is 3.69. The molecule has 3 heteroatoms. The van der Waals surface area contributed by atoms with Gasteiger partial charge in [0, 0.05) is 23.1 Å². The molecule has 0 aliphatic rings. The third-order valence-electron chi connectivity index (χ3n) is 2.39. The molecule has 84 valence electrons. The van der Waals surface area contributed by atoms with Crippen LogP contribution in [0.15, 0.2) is 18.2 Å². The lowest BCUT2D eigenvalue weighted by Crippen LogP contribution is -2.04. The van der Waals surface area contributed by atoms with E-state index in [1.54, 1.807) is 19.1 Å². The molecule has 1 aromatic carbocycles. The normalized spacial score (nSPS) is 9.94. The minimum atomic E-state index is -0.145. The van der Waals surface area contributed by atoms with Crippen molar-refractivity contribution in [3.05, 3.63) is 34.9 Å². The number of ketones is 3. The van der Waals surface area contributed by atoms with E-state index in [4.69, 9.17) is 0 Å². The Bertz CT molecular complexity index is 426. The molecular formula is C13H14O3. The fourth-order valence-electron chi connectivity index (χ4n) is 1.40. The fourth-order valence-corrected chi connectivity index (χ4v) is 1.40. The van der Waals surface area contributed by atoms with Crippen molar-refractivity contribution in [3.8, 4) is 0 Å². The third kappa shape index (κ3) is 2.63. The Labute approximate surface area is 94.5 Å². The van der Waals surface area contributed by atoms with E-state index < -0.39 is 0 Å². The molecule has 1 rings (SSSR count). The SMILES string of the molecule is CCC(=O)c1cc(C(C)=O)cc(C(C)=O)c1. The van der Waals surface area contributed by atoms with Gasteiger partial charge in [-0.25, -0.2) is 0 Å². The van der Waals surface area contributed by atoms with Crippen molar-refractivity contribution in [3.63, 3.8) is 0 Å². The molecule has 0 aromatic heterocycles. The molecule has 3 nitrogen and oxygen atoms in total. The van der Waals surface area contributed by atoms with Gasteiger partial charge in [0.15, 0.2) is 17.3 Å². The summed E-state index contributed by atoms with van der Waals surface area (Å²) in [5, 5.41) is 0. The first kappa shape index (κ1) is 12.3. The van der Waals surface area contributed by atoms with Crippen molar-refractivity contribution >= 4 is 17.3 Å². The number of rotatable bonds is 4. The second kappa shape index (κ2) is 4.84. The molecule has 0 aliphatic carbocycles. The van der Waals surface area contributed by atoms with Crippen LogP contribution in [0.4, 0.5) is 0 Å². The molecule has 0 unspecified atom stereocenters. The van der Waals surface area contributed by atoms with E-state index >= 15 is 0 Å². The molecule has 0 spiro atoms. The van der Waals surface area contributed by atoms with Gasteiger partial charge in [0.25, 0.3) is 0 Å². The molecule has 0 heterocycles. The van der Waals surface area contributed by atoms with E-state index in [2.05, 4.69) is 0 Å². The van der Waals surface area contributed by atoms with Crippen LogP contribution < -0.4 is 0 Å². The molecule has 0 N–H and O–H groups in total. The van der Waals surface area contributed by atoms with E-state index in [1.165, 1.54) is 19.9 Å². The monoisotopic (exact) mass is 218 g/mol. The Balaban J connectivity index is 3.35. The van der Waals surface area contributed by atoms with Crippen LogP contribution in [0, 0.1) is 0 Å². The number of hydrogen-bond donors (Lipinski definition) is 0. The number of carbonyl (C=O) groups excluding carboxylic acids is 3. The lowest BCUT2D eigenvalue weighted by molar-refractivity contribution is 0.0988. The van der Waals surface area contributed by atoms with Gasteiger partial charge in [-0.1, -0.05) is 6.92 Å². The van der Waals surface area contributed by atoms with E-state index in [0.29, 0.717) is 23.1 Å². The average Bonchev–Trinajstić information content (AvgIpc) is 2.27. The highest BCUT2D eigenvalue weighted by atomic mass is 16.1. The predicted molar refractivity (Wildman–Crippen MR) is 61.1 cm³/mol. The van der Waals surface area contributed by atoms with Gasteiger partial charge in [-0.2, -0.15) is 0 Å². The van der Waals surface area contributed by atoms with Crippen LogP contribution in [0.5, 0.6) is 0 Å². The van der Waals surface area contributed by atoms with Crippen molar-refractivity contribution < 1.29 is 14.4 Å². The highest BCUT2D eigenvalue weighted by Gasteiger charge is 2.11. The Kier molecular flexibility index (Phi) is 3.72. The van der Waals surface area contributed by atoms with Gasteiger partial charge >= 0.3 is 0 Å². The molecule has 0 radical (unpaired) electrons. The molecular weight excluding hydrogens is 204 g/mol. The van der Waals surface area contributed by atoms with Crippen molar-refractivity contribution in [2.24, 2.45) is 0 Å². The summed E-state index contributed by atoms with van der Waals surface area (Å²) in [5.41, 5.74) is 1.24. The van der Waals surface area contributed by atoms with Crippen LogP contribution in [0.2, 0.25) is 0 Å². The number of hydrogen-bond acceptors (Lipinski definition) is 3. The fraction of sp³-hybridized carbons (Fsp3) is 0.308. The van der Waals surface area contributed by atoms with E-state index in [0.717, 1.165) is 0 Å². The van der Waals surface area contributed by atoms with Crippen molar-refractivity contribution in [1.29, 1.82) is 0 Å². The summed E-state index contributed by atoms with van der Waals surface area (Å²) >= 11 is 0. The molecule has 0 saturated heterocycles. The zero-order valence-corrected chi connectivity index (χ0v) is 9.66. The van der Waals surface area contributed by atoms with Crippen LogP contribution in [0.3, 0.4) is 0 Å². The van der Waals surface area contributed by atoms with Gasteiger partial charge in [0.05, 0.1) is 0 Å². The Hall–Kier alpha value is -1.77. The van der Waals surface area contributed by atoms with Gasteiger partial charge < -0.3 is 0 Å². The Morgan fingerprint density at radius 1 is 0.875 bits per heavy atom. The molecule has 0 saturated carbocycles. The Morgan fingerprint density at radius 2 is 1.25 bits per heavy atom. The smallest absolute Gasteiger partial charge is 0.162 e. The molecule has 16 heavy (non-hydrogen) atoms. The van der Waals surface area contributed by atoms with Gasteiger partial charge in [0.2, 0.25) is 0 Å². The van der Waals surface area contributed by atoms with E-state index in [9.17, 15) is 14.4 Å². The summed E-state index contributed by atoms with van der Waals surface area (Å²) in [6.07, 6.45) is 0.360. The second-order valence-corrected chi connectivity index (χ2v) is 3.69. The van der Waals surface area contributed by atoms with Gasteiger partial charge in [-0.15, -0.1) is 0 Å². The number of benzene rings is 1. The largest absolute Gasteiger partial charge is 0.295 e. The molecule has 0 aliphatic heterocycles. The average molecular weight is 218 g/mol. The van der Waals surface area contributed by atoms with Crippen molar-refractivity contribution in [1.82, 2.24) is 0 Å². The van der Waals surface area contributed by atoms with Crippen molar-refractivity contribution in [2.45, 2.75) is 27.2 Å². The predicted octanol–water partition coefficient (Wildman–Crippen LogP) is 2.68. The third-order valence-corrected chi connectivity index (χ3v) is 2.39. The quantitative estimate of drug-likeness (QED) is 0.730. The van der Waals surface area contributed by atoms with Gasteiger partial charge in [-0.3, -0.25) is 14.4 Å². The van der Waals surface area contributed by atoms with Crippen LogP contribution >= 0.6 is 0 Å². The van der Waals surface area contributed by atoms with Crippen molar-refractivity contribution in [2.75, 3.05) is 0 Å². The minimum absolute atomic E-state index is 0.0643. The first-order valence-corrected chi connectivity index (χ1v) is 5.16. The van der Waals surface area contributed by atoms with Crippen LogP contribution in [-0.2, 0) is 0 Å². The highest BCUT2D eigenvalue weighted by molar-refractivity contribution is 6.04. The summed E-state index contributed by atoms with van der Waals surface area (Å²) in [6.45, 7) is 4.58. The minimum Gasteiger partial charge on any atom is -0.295 e. The van der Waals surface area contributed by atoms with E-state index in [-0.39, 0.29) is 17.3 Å². The first-order chi connectivity index (χ1) is 7.45. The molecule has 0 fully saturated rings. The molecule has 0 atom stereocenters. The molecule has 1 aromatic rings. The highest BCUT2D eigenvalue weighted by Crippen LogP contribution is 2.13. The zero-order valence-electron chi connectivity index (χ0n) is 9.66. The summed E-state index contributed by atoms with van der Waals surface area (Å²) in [7, 11) is 0. The standard InChI is InChI=1S/C13H14O3/c1-4-13(16)12-6-10(8(2)14)5-11(7-12)9(3)15/h5-7H,4H2,1-3H3. The van der Waals surface area contributed by atoms with Crippen LogP contribution in [0.1, 0.15) is 58.3 Å². The molecule has 0 amide bonds. The lowest BCUT2D eigenvalue weighted by Gasteiger charge is -2.04. The first-order valence-electron chi connectivity index (χ1n) is 5.16. The van der Waals surface area contributed by atoms with E-state index in [1.807, 2.05) is 0 Å². The van der Waals surface area contributed by atoms with Crippen LogP contribution in [-0.4, -0.2) is 17.3 Å². The Morgan fingerprint density at radius 3 is 1.56 bits per heavy atom. The topological polar surface area (TPSA) is 51.2 Å². The number of Topliss-reactive ketones (excluding diaryl/α,β-unsaturated/α-hetero) is 3. The maximum absolute atomic E-state index is 11.5. The number of carbonyl (C=O) groups is 3. The van der Waals surface area contributed by atoms with Crippen LogP contribution in [0.25, 0.3) is 0 Å². The van der Waals surface area contributed by atoms with Gasteiger partial charge in [0.1, 0.15) is 0 Å². The maximum Gasteiger partial charge on any atom is 0.162 e.